The van der Waals surface area contributed by atoms with Crippen LogP contribution in [0.4, 0.5) is 0 Å². The summed E-state index contributed by atoms with van der Waals surface area (Å²) in [6.45, 7) is 5.21. The van der Waals surface area contributed by atoms with Crippen LogP contribution in [-0.4, -0.2) is 32.4 Å². The molecule has 0 bridgehead atoms. The lowest BCUT2D eigenvalue weighted by Gasteiger charge is -2.04. The Morgan fingerprint density at radius 2 is 2.00 bits per heavy atom. The summed E-state index contributed by atoms with van der Waals surface area (Å²) in [6, 6.07) is 9.51. The topological polar surface area (TPSA) is 85.8 Å². The van der Waals surface area contributed by atoms with Crippen LogP contribution in [0.15, 0.2) is 34.7 Å². The van der Waals surface area contributed by atoms with Crippen molar-refractivity contribution in [3.8, 4) is 11.6 Å². The van der Waals surface area contributed by atoms with Gasteiger partial charge in [0.25, 0.3) is 5.89 Å². The van der Waals surface area contributed by atoms with Crippen LogP contribution in [0.3, 0.4) is 0 Å². The molecule has 0 spiro atoms. The molecule has 2 heterocycles. The van der Waals surface area contributed by atoms with Crippen molar-refractivity contribution in [2.45, 2.75) is 39.7 Å². The van der Waals surface area contributed by atoms with Gasteiger partial charge in [-0.05, 0) is 44.0 Å². The molecule has 142 valence electrons. The van der Waals surface area contributed by atoms with E-state index in [1.807, 2.05) is 48.9 Å². The third kappa shape index (κ3) is 5.17. The number of benzene rings is 1. The van der Waals surface area contributed by atoms with Crippen LogP contribution in [0.1, 0.15) is 30.5 Å². The fourth-order valence-corrected chi connectivity index (χ4v) is 2.85. The molecular weight excluding hydrogens is 366 g/mol. The highest BCUT2D eigenvalue weighted by Crippen LogP contribution is 2.19. The molecule has 1 amide bonds. The van der Waals surface area contributed by atoms with Gasteiger partial charge in [0.15, 0.2) is 0 Å². The van der Waals surface area contributed by atoms with Crippen molar-refractivity contribution < 1.29 is 9.21 Å². The second-order valence-electron chi connectivity index (χ2n) is 6.21. The molecule has 0 fully saturated rings. The van der Waals surface area contributed by atoms with E-state index in [1.165, 1.54) is 0 Å². The molecule has 0 unspecified atom stereocenters. The molecule has 2 aromatic heterocycles. The van der Waals surface area contributed by atoms with E-state index in [2.05, 4.69) is 20.6 Å². The molecule has 0 atom stereocenters. The van der Waals surface area contributed by atoms with Gasteiger partial charge in [0.2, 0.25) is 11.8 Å². The maximum Gasteiger partial charge on any atom is 0.265 e. The largest absolute Gasteiger partial charge is 0.419 e. The van der Waals surface area contributed by atoms with Gasteiger partial charge < -0.3 is 9.73 Å². The van der Waals surface area contributed by atoms with Crippen LogP contribution >= 0.6 is 11.6 Å². The first-order chi connectivity index (χ1) is 13.0. The molecule has 0 radical (unpaired) electrons. The van der Waals surface area contributed by atoms with E-state index < -0.39 is 0 Å². The maximum absolute atomic E-state index is 12.0. The minimum absolute atomic E-state index is 0.0434. The lowest BCUT2D eigenvalue weighted by atomic mass is 10.1. The summed E-state index contributed by atoms with van der Waals surface area (Å²) in [5.74, 6) is 0.827. The number of hydrogen-bond acceptors (Lipinski definition) is 5. The summed E-state index contributed by atoms with van der Waals surface area (Å²) in [5, 5.41) is 16.1. The molecule has 8 heteroatoms. The van der Waals surface area contributed by atoms with Crippen molar-refractivity contribution in [2.24, 2.45) is 0 Å². The van der Waals surface area contributed by atoms with Crippen molar-refractivity contribution in [1.82, 2.24) is 25.3 Å². The van der Waals surface area contributed by atoms with Crippen LogP contribution in [0, 0.1) is 6.92 Å². The van der Waals surface area contributed by atoms with Crippen molar-refractivity contribution in [1.29, 1.82) is 0 Å². The van der Waals surface area contributed by atoms with Gasteiger partial charge >= 0.3 is 0 Å². The summed E-state index contributed by atoms with van der Waals surface area (Å²) >= 11 is 5.86. The molecule has 7 nitrogen and oxygen atoms in total. The standard InChI is InChI=1S/C19H22ClN5O2/c1-3-25-16(12-13(2)24-25)19-23-22-18(27-19)9-8-17(26)21-11-10-14-4-6-15(20)7-5-14/h4-7,12H,3,8-11H2,1-2H3,(H,21,26). The summed E-state index contributed by atoms with van der Waals surface area (Å²) in [5.41, 5.74) is 2.82. The Balaban J connectivity index is 1.46. The molecule has 1 aromatic carbocycles. The van der Waals surface area contributed by atoms with E-state index in [1.54, 1.807) is 0 Å². The van der Waals surface area contributed by atoms with E-state index in [9.17, 15) is 4.79 Å². The zero-order valence-corrected chi connectivity index (χ0v) is 16.2. The van der Waals surface area contributed by atoms with Crippen LogP contribution in [0.5, 0.6) is 0 Å². The summed E-state index contributed by atoms with van der Waals surface area (Å²) in [6.07, 6.45) is 1.46. The number of aromatic nitrogens is 4. The van der Waals surface area contributed by atoms with E-state index >= 15 is 0 Å². The molecular formula is C19H22ClN5O2. The van der Waals surface area contributed by atoms with Crippen molar-refractivity contribution in [3.63, 3.8) is 0 Å². The third-order valence-corrected chi connectivity index (χ3v) is 4.35. The first-order valence-electron chi connectivity index (χ1n) is 8.93. The van der Waals surface area contributed by atoms with Crippen molar-refractivity contribution in [3.05, 3.63) is 52.5 Å². The molecule has 0 aliphatic heterocycles. The Morgan fingerprint density at radius 1 is 1.22 bits per heavy atom. The lowest BCUT2D eigenvalue weighted by molar-refractivity contribution is -0.121. The quantitative estimate of drug-likeness (QED) is 0.641. The molecule has 0 saturated heterocycles. The van der Waals surface area contributed by atoms with Crippen molar-refractivity contribution in [2.75, 3.05) is 6.54 Å². The molecule has 3 rings (SSSR count). The molecule has 27 heavy (non-hydrogen) atoms. The SMILES string of the molecule is CCn1nc(C)cc1-c1nnc(CCC(=O)NCCc2ccc(Cl)cc2)o1. The van der Waals surface area contributed by atoms with E-state index in [0.717, 1.165) is 29.9 Å². The number of aryl methyl sites for hydroxylation is 3. The Labute approximate surface area is 162 Å². The normalized spacial score (nSPS) is 10.9. The number of amides is 1. The second kappa shape index (κ2) is 8.81. The number of carbonyl (C=O) groups excluding carboxylic acids is 1. The fraction of sp³-hybridized carbons (Fsp3) is 0.368. The second-order valence-corrected chi connectivity index (χ2v) is 6.65. The predicted octanol–water partition coefficient (Wildman–Crippen LogP) is 3.21. The number of hydrogen-bond donors (Lipinski definition) is 1. The maximum atomic E-state index is 12.0. The van der Waals surface area contributed by atoms with E-state index in [4.69, 9.17) is 16.0 Å². The van der Waals surface area contributed by atoms with Crippen LogP contribution in [0.25, 0.3) is 11.6 Å². The summed E-state index contributed by atoms with van der Waals surface area (Å²) in [7, 11) is 0. The van der Waals surface area contributed by atoms with Gasteiger partial charge in [-0.2, -0.15) is 5.10 Å². The number of nitrogens with one attached hydrogen (secondary N) is 1. The van der Waals surface area contributed by atoms with Crippen LogP contribution in [0.2, 0.25) is 5.02 Å². The van der Waals surface area contributed by atoms with E-state index in [-0.39, 0.29) is 5.91 Å². The zero-order chi connectivity index (χ0) is 19.2. The first kappa shape index (κ1) is 19.1. The Morgan fingerprint density at radius 3 is 2.74 bits per heavy atom. The lowest BCUT2D eigenvalue weighted by Crippen LogP contribution is -2.25. The van der Waals surface area contributed by atoms with Gasteiger partial charge in [0, 0.05) is 31.0 Å². The zero-order valence-electron chi connectivity index (χ0n) is 15.4. The average Bonchev–Trinajstić information content (AvgIpc) is 3.27. The number of nitrogens with zero attached hydrogens (tertiary/aromatic N) is 4. The van der Waals surface area contributed by atoms with Gasteiger partial charge in [0.1, 0.15) is 5.69 Å². The van der Waals surface area contributed by atoms with Crippen LogP contribution < -0.4 is 5.32 Å². The molecule has 3 aromatic rings. The molecule has 0 aliphatic carbocycles. The number of rotatable bonds is 8. The predicted molar refractivity (Wildman–Crippen MR) is 102 cm³/mol. The first-order valence-corrected chi connectivity index (χ1v) is 9.31. The highest BCUT2D eigenvalue weighted by Gasteiger charge is 2.15. The van der Waals surface area contributed by atoms with Gasteiger partial charge in [-0.1, -0.05) is 23.7 Å². The molecule has 0 aliphatic rings. The molecule has 0 saturated carbocycles. The average molecular weight is 388 g/mol. The summed E-state index contributed by atoms with van der Waals surface area (Å²) in [4.78, 5) is 12.0. The third-order valence-electron chi connectivity index (χ3n) is 4.10. The Bertz CT molecular complexity index is 901. The highest BCUT2D eigenvalue weighted by molar-refractivity contribution is 6.30. The van der Waals surface area contributed by atoms with Crippen molar-refractivity contribution >= 4 is 17.5 Å². The van der Waals surface area contributed by atoms with Gasteiger partial charge in [0.05, 0.1) is 5.69 Å². The Kier molecular flexibility index (Phi) is 6.24. The minimum atomic E-state index is -0.0434. The monoisotopic (exact) mass is 387 g/mol. The van der Waals surface area contributed by atoms with Gasteiger partial charge in [-0.3, -0.25) is 9.48 Å². The van der Waals surface area contributed by atoms with Crippen LogP contribution in [-0.2, 0) is 24.2 Å². The van der Waals surface area contributed by atoms with E-state index in [0.29, 0.717) is 36.2 Å². The smallest absolute Gasteiger partial charge is 0.265 e. The number of carbonyl (C=O) groups is 1. The highest BCUT2D eigenvalue weighted by atomic mass is 35.5. The fourth-order valence-electron chi connectivity index (χ4n) is 2.72. The Hall–Kier alpha value is -2.67. The van der Waals surface area contributed by atoms with Gasteiger partial charge in [-0.15, -0.1) is 10.2 Å². The number of halogens is 1. The van der Waals surface area contributed by atoms with Gasteiger partial charge in [-0.25, -0.2) is 0 Å². The minimum Gasteiger partial charge on any atom is -0.419 e. The summed E-state index contributed by atoms with van der Waals surface area (Å²) < 4.78 is 7.50. The molecule has 1 N–H and O–H groups in total.